The minimum absolute atomic E-state index is 0. The average molecular weight is 1600 g/mol. The molecule has 1 atom stereocenters. The van der Waals surface area contributed by atoms with E-state index in [1.165, 1.54) is 252 Å². The van der Waals surface area contributed by atoms with Crippen LogP contribution in [0.1, 0.15) is 359 Å². The summed E-state index contributed by atoms with van der Waals surface area (Å²) in [7, 11) is 8.90. The maximum absolute atomic E-state index is 11.8. The van der Waals surface area contributed by atoms with E-state index in [1.54, 1.807) is 0 Å². The number of piperidine rings is 10. The maximum atomic E-state index is 11.8. The van der Waals surface area contributed by atoms with Crippen LogP contribution in [0.25, 0.3) is 0 Å². The number of carbonyl (C=O) groups is 3. The molecule has 16 heteroatoms. The van der Waals surface area contributed by atoms with E-state index in [0.29, 0.717) is 0 Å². The molecule has 674 valence electrons. The van der Waals surface area contributed by atoms with Crippen LogP contribution in [0.3, 0.4) is 0 Å². The van der Waals surface area contributed by atoms with Crippen molar-refractivity contribution in [1.29, 1.82) is 0 Å². The predicted molar refractivity (Wildman–Crippen MR) is 491 cm³/mol. The van der Waals surface area contributed by atoms with Crippen molar-refractivity contribution in [3.63, 3.8) is 0 Å². The molecule has 3 amide bonds. The molecule has 0 saturated carbocycles. The lowest BCUT2D eigenvalue weighted by atomic mass is 9.87. The van der Waals surface area contributed by atoms with E-state index in [9.17, 15) is 14.4 Å². The number of amides is 3. The van der Waals surface area contributed by atoms with Crippen LogP contribution in [0.15, 0.2) is 0 Å². The zero-order valence-corrected chi connectivity index (χ0v) is 79.6. The second kappa shape index (κ2) is 64.4. The highest BCUT2D eigenvalue weighted by atomic mass is 16.6. The van der Waals surface area contributed by atoms with Gasteiger partial charge < -0.3 is 64.5 Å². The van der Waals surface area contributed by atoms with Crippen LogP contribution in [0.4, 0.5) is 14.4 Å². The summed E-state index contributed by atoms with van der Waals surface area (Å²) in [6, 6.07) is 0. The van der Waals surface area contributed by atoms with Crippen molar-refractivity contribution in [2.24, 2.45) is 76.9 Å². The Morgan fingerprint density at radius 3 is 0.805 bits per heavy atom. The van der Waals surface area contributed by atoms with E-state index < -0.39 is 0 Å². The number of rotatable bonds is 14. The summed E-state index contributed by atoms with van der Waals surface area (Å²) in [5, 5.41) is 10.1. The van der Waals surface area contributed by atoms with Crippen LogP contribution < -0.4 is 16.0 Å². The second-order valence-corrected chi connectivity index (χ2v) is 40.1. The van der Waals surface area contributed by atoms with E-state index in [-0.39, 0.29) is 42.5 Å². The number of carbonyl (C=O) groups excluding carboxylic acids is 3. The van der Waals surface area contributed by atoms with E-state index in [4.69, 9.17) is 14.2 Å². The Balaban J connectivity index is 0.00000124. The van der Waals surface area contributed by atoms with Crippen LogP contribution in [0, 0.1) is 76.9 Å². The van der Waals surface area contributed by atoms with Crippen molar-refractivity contribution < 1.29 is 28.6 Å². The fraction of sp³-hybridized carbons (Fsp3) is 0.969. The first kappa shape index (κ1) is 111. The largest absolute Gasteiger partial charge is 0.444 e. The lowest BCUT2D eigenvalue weighted by Crippen LogP contribution is -2.42. The first-order valence-corrected chi connectivity index (χ1v) is 47.8. The van der Waals surface area contributed by atoms with Crippen molar-refractivity contribution in [2.45, 2.75) is 376 Å². The Morgan fingerprint density at radius 2 is 0.531 bits per heavy atom. The van der Waals surface area contributed by atoms with Gasteiger partial charge >= 0.3 is 18.3 Å². The molecule has 10 aliphatic heterocycles. The molecular weight excluding hydrogens is 1400 g/mol. The highest BCUT2D eigenvalue weighted by Crippen LogP contribution is 2.30. The van der Waals surface area contributed by atoms with Gasteiger partial charge in [-0.25, -0.2) is 14.4 Å². The summed E-state index contributed by atoms with van der Waals surface area (Å²) in [5.41, 5.74) is -1.14. The van der Waals surface area contributed by atoms with Crippen molar-refractivity contribution in [2.75, 3.05) is 159 Å². The van der Waals surface area contributed by atoms with Gasteiger partial charge in [0.2, 0.25) is 0 Å². The Labute approximate surface area is 705 Å². The van der Waals surface area contributed by atoms with Crippen LogP contribution in [0.5, 0.6) is 0 Å². The summed E-state index contributed by atoms with van der Waals surface area (Å²) in [6.07, 6.45) is 41.0. The van der Waals surface area contributed by atoms with Crippen LogP contribution in [-0.4, -0.2) is 228 Å². The first-order chi connectivity index (χ1) is 53.0. The second-order valence-electron chi connectivity index (χ2n) is 40.1. The zero-order chi connectivity index (χ0) is 84.1. The van der Waals surface area contributed by atoms with Gasteiger partial charge in [-0.3, -0.25) is 0 Å². The number of hydrogen-bond acceptors (Lipinski definition) is 13. The van der Waals surface area contributed by atoms with E-state index in [0.717, 1.165) is 155 Å². The van der Waals surface area contributed by atoms with E-state index in [2.05, 4.69) is 154 Å². The summed E-state index contributed by atoms with van der Waals surface area (Å²) >= 11 is 0. The van der Waals surface area contributed by atoms with Crippen molar-refractivity contribution in [1.82, 2.24) is 50.2 Å². The van der Waals surface area contributed by atoms with E-state index >= 15 is 0 Å². The number of hydrogen-bond donors (Lipinski definition) is 3. The third-order valence-corrected chi connectivity index (χ3v) is 25.5. The molecule has 0 bridgehead atoms. The molecule has 0 aromatic rings. The van der Waals surface area contributed by atoms with Gasteiger partial charge in [0.05, 0.1) is 0 Å². The van der Waals surface area contributed by atoms with Crippen molar-refractivity contribution in [3.05, 3.63) is 0 Å². The molecule has 3 N–H and O–H groups in total. The van der Waals surface area contributed by atoms with Crippen LogP contribution >= 0.6 is 0 Å². The van der Waals surface area contributed by atoms with Gasteiger partial charge in [0.25, 0.3) is 0 Å². The molecule has 10 aliphatic rings. The third-order valence-electron chi connectivity index (χ3n) is 25.5. The number of nitrogens with zero attached hydrogens (tertiary/aromatic N) is 7. The SMILES string of the molecule is C.CC(C)C1CCN(C(=O)OC(C)(C)C)CC1.CC(C)C1CCN(C)CC1.CC(C)C1CCNCC1.CCC1CCN(C(=O)OC(C)(C)C)CC1.CCC1CCN(C)CC1.CCC1CCNCC1.CCCC1CCCN(C)C1.CCCC1CCN(C(=O)OC(C)(C)C)CC1.CCCC1CCN(C)CC1.CCCC1CCNCC1. The number of ether oxygens (including phenoxy) is 3. The Kier molecular flexibility index (Phi) is 63.0. The van der Waals surface area contributed by atoms with Gasteiger partial charge in [0.1, 0.15) is 16.8 Å². The van der Waals surface area contributed by atoms with Gasteiger partial charge in [-0.2, -0.15) is 0 Å². The number of nitrogens with one attached hydrogen (secondary N) is 3. The van der Waals surface area contributed by atoms with Gasteiger partial charge in [-0.1, -0.05) is 162 Å². The molecule has 16 nitrogen and oxygen atoms in total. The Morgan fingerprint density at radius 1 is 0.301 bits per heavy atom. The molecule has 10 rings (SSSR count). The first-order valence-electron chi connectivity index (χ1n) is 47.8. The fourth-order valence-electron chi connectivity index (χ4n) is 17.3. The third kappa shape index (κ3) is 57.4. The standard InChI is InChI=1S/2C13H25NO2.C12H23NO2.3C9H19N.3C8H17N.C7H15N.CH4/c1-10(2)11-6-8-14(9-7-11)12(15)16-13(3,4)5;1-5-6-11-7-9-14(10-8-11)12(15)16-13(2,3)4;1-5-10-6-8-13(9-7-10)11(14)15-12(2,3)4;1-8(2)9-4-6-10(3)7-5-9;1-3-5-9-6-4-7-10(2)8-9;1-3-4-9-5-7-10(2)8-6-9;1-7(2)8-3-5-9-6-4-8;1-3-8-4-6-9(2)7-5-8;1-2-3-8-4-6-9-7-5-8;1-2-7-3-5-8-6-4-7;/h10-11H,6-9H2,1-5H3;11H,5-10H2,1-4H3;10H,5-9H2,1-4H3;8-9H,4-7H2,1-3H3;2*9H,3-8H2,1-2H3;7-9H,3-6H2,1-2H3;8H,3-7H2,1-2H3;8-9H,2-7H2,1H3;7-8H,2-6H2,1H3;1H4. The molecule has 10 fully saturated rings. The van der Waals surface area contributed by atoms with Crippen LogP contribution in [0.2, 0.25) is 0 Å². The van der Waals surface area contributed by atoms with Gasteiger partial charge in [-0.05, 0) is 387 Å². The number of likely N-dealkylation sites (tertiary alicyclic amines) is 7. The molecular formula is C97H200N10O6. The van der Waals surface area contributed by atoms with Crippen molar-refractivity contribution in [3.8, 4) is 0 Å². The predicted octanol–water partition coefficient (Wildman–Crippen LogP) is 23.2. The topological polar surface area (TPSA) is 138 Å². The van der Waals surface area contributed by atoms with Crippen molar-refractivity contribution >= 4 is 18.3 Å². The molecule has 1 unspecified atom stereocenters. The quantitative estimate of drug-likeness (QED) is 0.142. The minimum Gasteiger partial charge on any atom is -0.444 e. The van der Waals surface area contributed by atoms with Gasteiger partial charge in [0.15, 0.2) is 0 Å². The molecule has 0 aromatic heterocycles. The van der Waals surface area contributed by atoms with Gasteiger partial charge in [-0.15, -0.1) is 0 Å². The zero-order valence-electron chi connectivity index (χ0n) is 79.6. The van der Waals surface area contributed by atoms with E-state index in [1.807, 2.05) is 77.0 Å². The summed E-state index contributed by atoms with van der Waals surface area (Å²) in [4.78, 5) is 50.6. The highest BCUT2D eigenvalue weighted by molar-refractivity contribution is 5.69. The maximum Gasteiger partial charge on any atom is 0.410 e. The molecule has 10 saturated heterocycles. The molecule has 113 heavy (non-hydrogen) atoms. The normalized spacial score (nSPS) is 21.8. The summed E-state index contributed by atoms with van der Waals surface area (Å²) in [5.74, 6) is 12.0. The summed E-state index contributed by atoms with van der Waals surface area (Å²) < 4.78 is 16.1. The lowest BCUT2D eigenvalue weighted by molar-refractivity contribution is 0.0160. The van der Waals surface area contributed by atoms with Crippen LogP contribution in [-0.2, 0) is 14.2 Å². The Bertz CT molecular complexity index is 2190. The molecule has 0 aromatic carbocycles. The Hall–Kier alpha value is -2.47. The highest BCUT2D eigenvalue weighted by Gasteiger charge is 2.31. The molecule has 0 radical (unpaired) electrons. The minimum atomic E-state index is -0.383. The monoisotopic (exact) mass is 1600 g/mol. The summed E-state index contributed by atoms with van der Waals surface area (Å²) in [6.45, 7) is 70.1. The smallest absolute Gasteiger partial charge is 0.410 e. The lowest BCUT2D eigenvalue weighted by Gasteiger charge is -2.34. The van der Waals surface area contributed by atoms with Gasteiger partial charge in [0, 0.05) is 45.8 Å². The molecule has 0 aliphatic carbocycles. The average Bonchev–Trinajstić information content (AvgIpc) is 0.865. The fourth-order valence-corrected chi connectivity index (χ4v) is 17.3. The molecule has 10 heterocycles. The molecule has 0 spiro atoms.